The monoisotopic (exact) mass is 173 g/mol. The highest BCUT2D eigenvalue weighted by molar-refractivity contribution is 7.93. The van der Waals surface area contributed by atoms with E-state index in [1.54, 1.807) is 0 Å². The minimum atomic E-state index is -4.81. The normalized spacial score (nSPS) is 12.0. The summed E-state index contributed by atoms with van der Waals surface area (Å²) in [5.74, 6) is 0.499. The molecule has 0 bridgehead atoms. The average Bonchev–Trinajstić information content (AvgIpc) is 1.57. The fourth-order valence-corrected chi connectivity index (χ4v) is 0.387. The van der Waals surface area contributed by atoms with E-state index in [0.29, 0.717) is 5.92 Å². The van der Waals surface area contributed by atoms with Gasteiger partial charge in [-0.1, -0.05) is 0 Å². The molecule has 0 radical (unpaired) electrons. The van der Waals surface area contributed by atoms with Crippen LogP contribution in [-0.2, 0) is 10.0 Å². The van der Waals surface area contributed by atoms with Crippen molar-refractivity contribution >= 4 is 10.0 Å². The minimum Gasteiger partial charge on any atom is -0.218 e. The highest BCUT2D eigenvalue weighted by atomic mass is 32.2. The van der Waals surface area contributed by atoms with E-state index in [2.05, 4.69) is 5.14 Å². The molecule has 0 heterocycles. The van der Waals surface area contributed by atoms with E-state index in [0.717, 1.165) is 5.25 Å². The number of primary sulfonamides is 1. The first-order valence-electron chi connectivity index (χ1n) is 1.84. The van der Waals surface area contributed by atoms with E-state index < -0.39 is 16.2 Å². The Morgan fingerprint density at radius 3 is 1.80 bits per heavy atom. The fraction of sp³-hybridized carbons (Fsp3) is 0.333. The summed E-state index contributed by atoms with van der Waals surface area (Å²) in [4.78, 5) is 0. The maximum Gasteiger partial charge on any atom is 0.458 e. The van der Waals surface area contributed by atoms with Crippen LogP contribution in [0.5, 0.6) is 0 Å². The molecule has 58 valence electrons. The van der Waals surface area contributed by atoms with Crippen molar-refractivity contribution in [1.29, 1.82) is 0 Å². The quantitative estimate of drug-likeness (QED) is 0.515. The molecule has 0 atom stereocenters. The van der Waals surface area contributed by atoms with Crippen molar-refractivity contribution in [3.63, 3.8) is 0 Å². The first-order valence-corrected chi connectivity index (χ1v) is 3.39. The minimum absolute atomic E-state index is 0.499. The van der Waals surface area contributed by atoms with Crippen molar-refractivity contribution in [3.05, 3.63) is 0 Å². The van der Waals surface area contributed by atoms with Gasteiger partial charge in [0, 0.05) is 5.92 Å². The zero-order valence-electron chi connectivity index (χ0n) is 4.44. The second-order valence-corrected chi connectivity index (χ2v) is 2.56. The molecule has 0 spiro atoms. The maximum absolute atomic E-state index is 11.1. The van der Waals surface area contributed by atoms with Gasteiger partial charge in [0.2, 0.25) is 0 Å². The van der Waals surface area contributed by atoms with Crippen LogP contribution in [0.4, 0.5) is 13.2 Å². The van der Waals surface area contributed by atoms with Gasteiger partial charge in [0.25, 0.3) is 10.0 Å². The molecule has 0 aliphatic heterocycles. The molecule has 0 rings (SSSR count). The van der Waals surface area contributed by atoms with Crippen molar-refractivity contribution in [3.8, 4) is 11.2 Å². The number of hydrogen-bond acceptors (Lipinski definition) is 2. The smallest absolute Gasteiger partial charge is 0.218 e. The van der Waals surface area contributed by atoms with Gasteiger partial charge in [-0.05, 0) is 0 Å². The lowest BCUT2D eigenvalue weighted by molar-refractivity contribution is -0.0696. The Kier molecular flexibility index (Phi) is 2.29. The van der Waals surface area contributed by atoms with Crippen LogP contribution in [-0.4, -0.2) is 14.6 Å². The first kappa shape index (κ1) is 9.26. The highest BCUT2D eigenvalue weighted by Gasteiger charge is 2.23. The summed E-state index contributed by atoms with van der Waals surface area (Å²) in [5, 5.41) is 4.98. The number of rotatable bonds is 0. The van der Waals surface area contributed by atoms with E-state index in [1.165, 1.54) is 0 Å². The second-order valence-electron chi connectivity index (χ2n) is 1.27. The summed E-state index contributed by atoms with van der Waals surface area (Å²) < 4.78 is 52.8. The van der Waals surface area contributed by atoms with Gasteiger partial charge in [0.15, 0.2) is 0 Å². The molecule has 2 N–H and O–H groups in total. The van der Waals surface area contributed by atoms with Gasteiger partial charge in [-0.15, -0.1) is 0 Å². The van der Waals surface area contributed by atoms with E-state index in [9.17, 15) is 21.6 Å². The summed E-state index contributed by atoms with van der Waals surface area (Å²) in [6.07, 6.45) is -4.81. The van der Waals surface area contributed by atoms with Crippen LogP contribution in [0.2, 0.25) is 0 Å². The number of halogens is 3. The lowest BCUT2D eigenvalue weighted by Crippen LogP contribution is -2.10. The van der Waals surface area contributed by atoms with Crippen molar-refractivity contribution in [2.45, 2.75) is 6.18 Å². The van der Waals surface area contributed by atoms with E-state index in [4.69, 9.17) is 0 Å². The van der Waals surface area contributed by atoms with Crippen LogP contribution in [0, 0.1) is 11.2 Å². The molecule has 0 aliphatic carbocycles. The second kappa shape index (κ2) is 2.48. The van der Waals surface area contributed by atoms with Crippen LogP contribution in [0.3, 0.4) is 0 Å². The summed E-state index contributed by atoms with van der Waals surface area (Å²) in [6.45, 7) is 0. The standard InChI is InChI=1S/C3H2F3NO2S/c4-3(5,6)1-2-10(7,8)9/h(H2,7,8,9). The summed E-state index contributed by atoms with van der Waals surface area (Å²) >= 11 is 0. The van der Waals surface area contributed by atoms with Crippen molar-refractivity contribution in [2.24, 2.45) is 5.14 Å². The predicted octanol–water partition coefficient (Wildman–Crippen LogP) is -0.202. The Morgan fingerprint density at radius 2 is 1.70 bits per heavy atom. The van der Waals surface area contributed by atoms with Crippen molar-refractivity contribution in [2.75, 3.05) is 0 Å². The molecule has 10 heavy (non-hydrogen) atoms. The van der Waals surface area contributed by atoms with Crippen LogP contribution in [0.1, 0.15) is 0 Å². The van der Waals surface area contributed by atoms with Gasteiger partial charge in [-0.2, -0.15) is 21.6 Å². The van der Waals surface area contributed by atoms with Crippen LogP contribution in [0.25, 0.3) is 0 Å². The van der Waals surface area contributed by atoms with Crippen LogP contribution < -0.4 is 5.14 Å². The zero-order chi connectivity index (χ0) is 8.41. The van der Waals surface area contributed by atoms with E-state index in [-0.39, 0.29) is 0 Å². The molecule has 3 nitrogen and oxygen atoms in total. The van der Waals surface area contributed by atoms with Gasteiger partial charge in [-0.25, -0.2) is 5.14 Å². The molecule has 0 aliphatic rings. The lowest BCUT2D eigenvalue weighted by atomic mass is 10.7. The summed E-state index contributed by atoms with van der Waals surface area (Å²) in [5.41, 5.74) is 0. The third-order valence-electron chi connectivity index (χ3n) is 0.335. The third-order valence-corrected chi connectivity index (χ3v) is 0.722. The number of alkyl halides is 3. The van der Waals surface area contributed by atoms with Gasteiger partial charge < -0.3 is 0 Å². The molecule has 0 amide bonds. The van der Waals surface area contributed by atoms with E-state index >= 15 is 0 Å². The molecule has 0 unspecified atom stereocenters. The van der Waals surface area contributed by atoms with Gasteiger partial charge in [0.05, 0.1) is 5.25 Å². The zero-order valence-corrected chi connectivity index (χ0v) is 5.25. The molecule has 0 fully saturated rings. The third kappa shape index (κ3) is 7.26. The largest absolute Gasteiger partial charge is 0.458 e. The van der Waals surface area contributed by atoms with E-state index in [1.807, 2.05) is 0 Å². The SMILES string of the molecule is NS(=O)(=O)C#CC(F)(F)F. The Hall–Kier alpha value is -0.740. The highest BCUT2D eigenvalue weighted by Crippen LogP contribution is 2.11. The first-order chi connectivity index (χ1) is 4.21. The van der Waals surface area contributed by atoms with Crippen molar-refractivity contribution in [1.82, 2.24) is 0 Å². The molecular weight excluding hydrogens is 171 g/mol. The molecular formula is C3H2F3NO2S. The van der Waals surface area contributed by atoms with Crippen LogP contribution in [0.15, 0.2) is 0 Å². The summed E-state index contributed by atoms with van der Waals surface area (Å²) in [7, 11) is -4.34. The molecule has 0 aromatic rings. The topological polar surface area (TPSA) is 60.2 Å². The van der Waals surface area contributed by atoms with Gasteiger partial charge in [-0.3, -0.25) is 0 Å². The number of nitrogens with two attached hydrogens (primary N) is 1. The fourth-order valence-electron chi connectivity index (χ4n) is 0.129. The summed E-state index contributed by atoms with van der Waals surface area (Å²) in [6, 6.07) is 0. The van der Waals surface area contributed by atoms with Gasteiger partial charge in [0.1, 0.15) is 0 Å². The molecule has 0 saturated heterocycles. The Labute approximate surface area is 55.1 Å². The average molecular weight is 173 g/mol. The number of sulfonamides is 1. The molecule has 7 heteroatoms. The Balaban J connectivity index is 4.51. The molecule has 0 aromatic heterocycles. The molecule has 0 aromatic carbocycles. The van der Waals surface area contributed by atoms with Gasteiger partial charge >= 0.3 is 6.18 Å². The van der Waals surface area contributed by atoms with Crippen molar-refractivity contribution < 1.29 is 21.6 Å². The predicted molar refractivity (Wildman–Crippen MR) is 26.9 cm³/mol. The lowest BCUT2D eigenvalue weighted by Gasteiger charge is -1.90. The molecule has 0 saturated carbocycles. The Morgan fingerprint density at radius 1 is 1.30 bits per heavy atom. The maximum atomic E-state index is 11.1. The number of hydrogen-bond donors (Lipinski definition) is 1. The van der Waals surface area contributed by atoms with Crippen LogP contribution >= 0.6 is 0 Å². The Bertz CT molecular complexity index is 266.